The van der Waals surface area contributed by atoms with Crippen LogP contribution in [0.4, 0.5) is 0 Å². The molecule has 2 rings (SSSR count). The molecule has 2 aromatic carbocycles. The molecule has 6 nitrogen and oxygen atoms in total. The molecule has 0 unspecified atom stereocenters. The van der Waals surface area contributed by atoms with Crippen molar-refractivity contribution in [2.75, 3.05) is 0 Å². The van der Waals surface area contributed by atoms with Crippen molar-refractivity contribution in [3.05, 3.63) is 63.6 Å². The van der Waals surface area contributed by atoms with Crippen molar-refractivity contribution in [3.8, 4) is 5.75 Å². The molecule has 0 saturated heterocycles. The largest absolute Gasteiger partial charge is 0.491 e. The van der Waals surface area contributed by atoms with Gasteiger partial charge in [-0.05, 0) is 68.5 Å². The number of hydrogen-bond donors (Lipinski definition) is 3. The number of carbonyl (C=O) groups is 2. The average molecular weight is 426 g/mol. The van der Waals surface area contributed by atoms with Gasteiger partial charge >= 0.3 is 0 Å². The lowest BCUT2D eigenvalue weighted by atomic mass is 10.2. The molecule has 0 aliphatic carbocycles. The zero-order chi connectivity index (χ0) is 20.0. The van der Waals surface area contributed by atoms with Crippen LogP contribution < -0.4 is 20.9 Å². The third-order valence-electron chi connectivity index (χ3n) is 3.18. The van der Waals surface area contributed by atoms with Crippen molar-refractivity contribution in [2.45, 2.75) is 20.0 Å². The van der Waals surface area contributed by atoms with E-state index in [1.54, 1.807) is 24.3 Å². The summed E-state index contributed by atoms with van der Waals surface area (Å²) >= 11 is 16.8. The smallest absolute Gasteiger partial charge is 0.271 e. The van der Waals surface area contributed by atoms with Crippen LogP contribution in [0.1, 0.15) is 34.6 Å². The standard InChI is InChI=1S/C18H17Cl2N3O3S/c1-10(2)26-13-6-3-11(4-7-13)16(24)21-18(27)23-22-17(25)14-8-5-12(19)9-15(14)20/h3-10H,1-2H3,(H,22,25)(H2,21,23,24,27). The minimum absolute atomic E-state index is 0.0409. The number of thiocarbonyl (C=S) groups is 1. The van der Waals surface area contributed by atoms with Crippen LogP contribution in [0, 0.1) is 0 Å². The van der Waals surface area contributed by atoms with E-state index in [2.05, 4.69) is 16.2 Å². The van der Waals surface area contributed by atoms with E-state index in [1.165, 1.54) is 18.2 Å². The van der Waals surface area contributed by atoms with Crippen LogP contribution in [0.5, 0.6) is 5.75 Å². The summed E-state index contributed by atoms with van der Waals surface area (Å²) in [5.41, 5.74) is 5.40. The molecule has 3 N–H and O–H groups in total. The normalized spacial score (nSPS) is 10.3. The highest BCUT2D eigenvalue weighted by Crippen LogP contribution is 2.20. The number of benzene rings is 2. The first-order valence-corrected chi connectivity index (χ1v) is 9.06. The SMILES string of the molecule is CC(C)Oc1ccc(C(=O)NC(=S)NNC(=O)c2ccc(Cl)cc2Cl)cc1. The van der Waals surface area contributed by atoms with Crippen LogP contribution in [0.15, 0.2) is 42.5 Å². The molecule has 0 saturated carbocycles. The number of halogens is 2. The molecule has 0 bridgehead atoms. The number of hydrogen-bond acceptors (Lipinski definition) is 4. The van der Waals surface area contributed by atoms with Gasteiger partial charge in [-0.15, -0.1) is 0 Å². The average Bonchev–Trinajstić information content (AvgIpc) is 2.59. The molecule has 27 heavy (non-hydrogen) atoms. The maximum atomic E-state index is 12.2. The topological polar surface area (TPSA) is 79.5 Å². The highest BCUT2D eigenvalue weighted by atomic mass is 35.5. The van der Waals surface area contributed by atoms with Crippen LogP contribution in [0.3, 0.4) is 0 Å². The predicted molar refractivity (Wildman–Crippen MR) is 109 cm³/mol. The van der Waals surface area contributed by atoms with E-state index < -0.39 is 11.8 Å². The number of carbonyl (C=O) groups excluding carboxylic acids is 2. The summed E-state index contributed by atoms with van der Waals surface area (Å²) in [6.07, 6.45) is 0.0409. The van der Waals surface area contributed by atoms with Crippen LogP contribution in [-0.2, 0) is 0 Å². The number of nitrogens with one attached hydrogen (secondary N) is 3. The Bertz CT molecular complexity index is 857. The quantitative estimate of drug-likeness (QED) is 0.513. The van der Waals surface area contributed by atoms with Gasteiger partial charge in [0.1, 0.15) is 5.75 Å². The second kappa shape index (κ2) is 9.55. The highest BCUT2D eigenvalue weighted by Gasteiger charge is 2.12. The summed E-state index contributed by atoms with van der Waals surface area (Å²) in [6, 6.07) is 11.1. The summed E-state index contributed by atoms with van der Waals surface area (Å²) in [5, 5.41) is 3.00. The van der Waals surface area contributed by atoms with Gasteiger partial charge in [-0.1, -0.05) is 23.2 Å². The molecule has 2 aromatic rings. The number of hydrazine groups is 1. The van der Waals surface area contributed by atoms with Crippen molar-refractivity contribution in [3.63, 3.8) is 0 Å². The first-order chi connectivity index (χ1) is 12.8. The molecule has 0 aromatic heterocycles. The molecule has 0 atom stereocenters. The molecule has 0 spiro atoms. The van der Waals surface area contributed by atoms with Crippen molar-refractivity contribution < 1.29 is 14.3 Å². The first kappa shape index (κ1) is 21.0. The molecular weight excluding hydrogens is 409 g/mol. The van der Waals surface area contributed by atoms with E-state index >= 15 is 0 Å². The van der Waals surface area contributed by atoms with Crippen molar-refractivity contribution in [2.24, 2.45) is 0 Å². The molecular formula is C18H17Cl2N3O3S. The second-order valence-electron chi connectivity index (χ2n) is 5.68. The summed E-state index contributed by atoms with van der Waals surface area (Å²) in [7, 11) is 0. The van der Waals surface area contributed by atoms with Gasteiger partial charge in [-0.2, -0.15) is 0 Å². The van der Waals surface area contributed by atoms with Gasteiger partial charge in [0.05, 0.1) is 16.7 Å². The Morgan fingerprint density at radius 2 is 1.67 bits per heavy atom. The molecule has 0 fully saturated rings. The Morgan fingerprint density at radius 3 is 2.26 bits per heavy atom. The van der Waals surface area contributed by atoms with E-state index in [1.807, 2.05) is 13.8 Å². The zero-order valence-electron chi connectivity index (χ0n) is 14.5. The Morgan fingerprint density at radius 1 is 1.00 bits per heavy atom. The lowest BCUT2D eigenvalue weighted by molar-refractivity contribution is 0.0934. The van der Waals surface area contributed by atoms with Crippen LogP contribution >= 0.6 is 35.4 Å². The molecule has 142 valence electrons. The maximum Gasteiger partial charge on any atom is 0.271 e. The summed E-state index contributed by atoms with van der Waals surface area (Å²) in [5.74, 6) is -0.291. The fourth-order valence-electron chi connectivity index (χ4n) is 2.02. The maximum absolute atomic E-state index is 12.2. The zero-order valence-corrected chi connectivity index (χ0v) is 16.8. The van der Waals surface area contributed by atoms with Crippen LogP contribution in [0.25, 0.3) is 0 Å². The molecule has 0 heterocycles. The number of ether oxygens (including phenoxy) is 1. The van der Waals surface area contributed by atoms with Crippen LogP contribution in [-0.4, -0.2) is 23.0 Å². The third kappa shape index (κ3) is 6.39. The second-order valence-corrected chi connectivity index (χ2v) is 6.93. The Kier molecular flexibility index (Phi) is 7.41. The monoisotopic (exact) mass is 425 g/mol. The summed E-state index contributed by atoms with van der Waals surface area (Å²) in [4.78, 5) is 24.2. The van der Waals surface area contributed by atoms with E-state index in [0.717, 1.165) is 0 Å². The van der Waals surface area contributed by atoms with E-state index in [0.29, 0.717) is 16.3 Å². The third-order valence-corrected chi connectivity index (χ3v) is 3.93. The molecule has 9 heteroatoms. The van der Waals surface area contributed by atoms with E-state index in [4.69, 9.17) is 40.2 Å². The fraction of sp³-hybridized carbons (Fsp3) is 0.167. The van der Waals surface area contributed by atoms with Crippen LogP contribution in [0.2, 0.25) is 10.0 Å². The van der Waals surface area contributed by atoms with Gasteiger partial charge in [-0.3, -0.25) is 25.8 Å². The minimum atomic E-state index is -0.525. The minimum Gasteiger partial charge on any atom is -0.491 e. The van der Waals surface area contributed by atoms with E-state index in [-0.39, 0.29) is 21.8 Å². The summed E-state index contributed by atoms with van der Waals surface area (Å²) in [6.45, 7) is 3.83. The summed E-state index contributed by atoms with van der Waals surface area (Å²) < 4.78 is 5.52. The van der Waals surface area contributed by atoms with Gasteiger partial charge in [0.2, 0.25) is 0 Å². The lowest BCUT2D eigenvalue weighted by Crippen LogP contribution is -2.48. The Labute approximate surface area is 172 Å². The first-order valence-electron chi connectivity index (χ1n) is 7.89. The molecule has 2 amide bonds. The van der Waals surface area contributed by atoms with Crippen molar-refractivity contribution in [1.82, 2.24) is 16.2 Å². The number of rotatable bonds is 4. The molecule has 0 aliphatic rings. The van der Waals surface area contributed by atoms with E-state index in [9.17, 15) is 9.59 Å². The van der Waals surface area contributed by atoms with Gasteiger partial charge in [-0.25, -0.2) is 0 Å². The van der Waals surface area contributed by atoms with Gasteiger partial charge in [0.25, 0.3) is 11.8 Å². The Balaban J connectivity index is 1.87. The molecule has 0 radical (unpaired) electrons. The predicted octanol–water partition coefficient (Wildman–Crippen LogP) is 3.73. The van der Waals surface area contributed by atoms with Gasteiger partial charge in [0, 0.05) is 10.6 Å². The van der Waals surface area contributed by atoms with Gasteiger partial charge in [0.15, 0.2) is 5.11 Å². The lowest BCUT2D eigenvalue weighted by Gasteiger charge is -2.12. The number of amides is 2. The van der Waals surface area contributed by atoms with Crippen molar-refractivity contribution >= 4 is 52.3 Å². The van der Waals surface area contributed by atoms with Crippen molar-refractivity contribution in [1.29, 1.82) is 0 Å². The van der Waals surface area contributed by atoms with Gasteiger partial charge < -0.3 is 4.74 Å². The molecule has 0 aliphatic heterocycles. The fourth-order valence-corrected chi connectivity index (χ4v) is 2.66. The Hall–Kier alpha value is -2.35. The highest BCUT2D eigenvalue weighted by molar-refractivity contribution is 7.80.